The van der Waals surface area contributed by atoms with Crippen molar-refractivity contribution in [1.29, 1.82) is 5.26 Å². The minimum atomic E-state index is 0.599. The standard InChI is InChI=1S/C16H14N4/c1-10-8-16(13(9-17)11(2)18-10)20-12(3)19-14-6-4-5-7-15(14)20/h4-8H,1-3H3. The summed E-state index contributed by atoms with van der Waals surface area (Å²) in [5, 5.41) is 9.43. The van der Waals surface area contributed by atoms with Crippen LogP contribution in [0, 0.1) is 32.1 Å². The second kappa shape index (κ2) is 4.46. The summed E-state index contributed by atoms with van der Waals surface area (Å²) in [6, 6.07) is 12.1. The lowest BCUT2D eigenvalue weighted by molar-refractivity contribution is 0.972. The Labute approximate surface area is 117 Å². The van der Waals surface area contributed by atoms with E-state index in [1.54, 1.807) is 0 Å². The van der Waals surface area contributed by atoms with Crippen molar-refractivity contribution in [2.24, 2.45) is 0 Å². The van der Waals surface area contributed by atoms with Gasteiger partial charge in [0.1, 0.15) is 11.9 Å². The topological polar surface area (TPSA) is 54.5 Å². The van der Waals surface area contributed by atoms with E-state index in [9.17, 15) is 5.26 Å². The summed E-state index contributed by atoms with van der Waals surface area (Å²) in [4.78, 5) is 8.93. The molecule has 0 radical (unpaired) electrons. The van der Waals surface area contributed by atoms with Crippen molar-refractivity contribution in [3.05, 3.63) is 53.1 Å². The molecule has 0 N–H and O–H groups in total. The van der Waals surface area contributed by atoms with Gasteiger partial charge >= 0.3 is 0 Å². The van der Waals surface area contributed by atoms with Crippen molar-refractivity contribution in [1.82, 2.24) is 14.5 Å². The summed E-state index contributed by atoms with van der Waals surface area (Å²) in [6.07, 6.45) is 0. The van der Waals surface area contributed by atoms with Gasteiger partial charge in [-0.1, -0.05) is 12.1 Å². The first-order chi connectivity index (χ1) is 9.61. The smallest absolute Gasteiger partial charge is 0.111 e. The molecule has 0 bridgehead atoms. The average molecular weight is 262 g/mol. The Morgan fingerprint density at radius 2 is 1.85 bits per heavy atom. The molecule has 4 heteroatoms. The number of aromatic nitrogens is 3. The highest BCUT2D eigenvalue weighted by Gasteiger charge is 2.15. The molecule has 0 amide bonds. The summed E-state index contributed by atoms with van der Waals surface area (Å²) < 4.78 is 2.02. The molecule has 2 heterocycles. The first-order valence-electron chi connectivity index (χ1n) is 6.44. The Morgan fingerprint density at radius 3 is 2.60 bits per heavy atom. The van der Waals surface area contributed by atoms with Crippen LogP contribution in [-0.2, 0) is 0 Å². The van der Waals surface area contributed by atoms with Gasteiger partial charge in [-0.05, 0) is 39.0 Å². The molecule has 0 aliphatic carbocycles. The molecule has 3 aromatic rings. The molecular weight excluding hydrogens is 248 g/mol. The van der Waals surface area contributed by atoms with Crippen molar-refractivity contribution in [2.75, 3.05) is 0 Å². The highest BCUT2D eigenvalue weighted by Crippen LogP contribution is 2.25. The predicted octanol–water partition coefficient (Wildman–Crippen LogP) is 3.22. The minimum Gasteiger partial charge on any atom is -0.295 e. The van der Waals surface area contributed by atoms with Gasteiger partial charge in [0.15, 0.2) is 0 Å². The molecule has 4 nitrogen and oxygen atoms in total. The Morgan fingerprint density at radius 1 is 1.10 bits per heavy atom. The number of benzene rings is 1. The summed E-state index contributed by atoms with van der Waals surface area (Å²) in [5.74, 6) is 0.868. The van der Waals surface area contributed by atoms with Gasteiger partial charge in [0.2, 0.25) is 0 Å². The van der Waals surface area contributed by atoms with E-state index in [-0.39, 0.29) is 0 Å². The maximum atomic E-state index is 9.43. The monoisotopic (exact) mass is 262 g/mol. The SMILES string of the molecule is Cc1cc(-n2c(C)nc3ccccc32)c(C#N)c(C)n1. The Hall–Kier alpha value is -2.67. The van der Waals surface area contributed by atoms with Crippen LogP contribution in [0.15, 0.2) is 30.3 Å². The van der Waals surface area contributed by atoms with Gasteiger partial charge in [-0.2, -0.15) is 5.26 Å². The van der Waals surface area contributed by atoms with Crippen LogP contribution in [0.25, 0.3) is 16.7 Å². The number of imidazole rings is 1. The fraction of sp³-hybridized carbons (Fsp3) is 0.188. The molecule has 98 valence electrons. The van der Waals surface area contributed by atoms with Crippen LogP contribution in [0.4, 0.5) is 0 Å². The number of rotatable bonds is 1. The summed E-state index contributed by atoms with van der Waals surface area (Å²) >= 11 is 0. The van der Waals surface area contributed by atoms with Gasteiger partial charge < -0.3 is 0 Å². The number of fused-ring (bicyclic) bond motifs is 1. The molecule has 0 unspecified atom stereocenters. The molecule has 0 atom stereocenters. The second-order valence-electron chi connectivity index (χ2n) is 4.84. The first kappa shape index (κ1) is 12.4. The highest BCUT2D eigenvalue weighted by molar-refractivity contribution is 5.79. The van der Waals surface area contributed by atoms with Gasteiger partial charge in [-0.25, -0.2) is 4.98 Å². The van der Waals surface area contributed by atoms with Crippen molar-refractivity contribution in [2.45, 2.75) is 20.8 Å². The number of nitrogens with zero attached hydrogens (tertiary/aromatic N) is 4. The van der Waals surface area contributed by atoms with Crippen molar-refractivity contribution in [3.63, 3.8) is 0 Å². The maximum absolute atomic E-state index is 9.43. The lowest BCUT2D eigenvalue weighted by atomic mass is 10.1. The molecule has 2 aromatic heterocycles. The molecule has 0 saturated heterocycles. The second-order valence-corrected chi connectivity index (χ2v) is 4.84. The van der Waals surface area contributed by atoms with Crippen molar-refractivity contribution in [3.8, 4) is 11.8 Å². The van der Waals surface area contributed by atoms with Crippen LogP contribution in [-0.4, -0.2) is 14.5 Å². The zero-order valence-electron chi connectivity index (χ0n) is 11.7. The van der Waals surface area contributed by atoms with E-state index < -0.39 is 0 Å². The zero-order chi connectivity index (χ0) is 14.3. The molecule has 0 spiro atoms. The third kappa shape index (κ3) is 1.76. The lowest BCUT2D eigenvalue weighted by Gasteiger charge is -2.11. The zero-order valence-corrected chi connectivity index (χ0v) is 11.7. The Kier molecular flexibility index (Phi) is 2.76. The first-order valence-corrected chi connectivity index (χ1v) is 6.44. The number of aryl methyl sites for hydroxylation is 3. The van der Waals surface area contributed by atoms with Gasteiger partial charge in [-0.15, -0.1) is 0 Å². The van der Waals surface area contributed by atoms with E-state index in [2.05, 4.69) is 16.0 Å². The van der Waals surface area contributed by atoms with Crippen LogP contribution < -0.4 is 0 Å². The van der Waals surface area contributed by atoms with Crippen LogP contribution in [0.3, 0.4) is 0 Å². The van der Waals surface area contributed by atoms with E-state index in [1.165, 1.54) is 0 Å². The average Bonchev–Trinajstić information content (AvgIpc) is 2.73. The van der Waals surface area contributed by atoms with E-state index >= 15 is 0 Å². The molecule has 20 heavy (non-hydrogen) atoms. The van der Waals surface area contributed by atoms with Gasteiger partial charge in [0.05, 0.1) is 28.0 Å². The summed E-state index contributed by atoms with van der Waals surface area (Å²) in [7, 11) is 0. The number of hydrogen-bond donors (Lipinski definition) is 0. The van der Waals surface area contributed by atoms with E-state index in [4.69, 9.17) is 0 Å². The number of para-hydroxylation sites is 2. The molecule has 3 rings (SSSR count). The molecule has 1 aromatic carbocycles. The van der Waals surface area contributed by atoms with E-state index in [0.29, 0.717) is 5.56 Å². The van der Waals surface area contributed by atoms with Crippen LogP contribution in [0.5, 0.6) is 0 Å². The Bertz CT molecular complexity index is 853. The molecule has 0 aliphatic rings. The normalized spacial score (nSPS) is 10.7. The fourth-order valence-electron chi connectivity index (χ4n) is 2.57. The third-order valence-electron chi connectivity index (χ3n) is 3.39. The fourth-order valence-corrected chi connectivity index (χ4v) is 2.57. The lowest BCUT2D eigenvalue weighted by Crippen LogP contribution is -2.04. The number of nitriles is 1. The quantitative estimate of drug-likeness (QED) is 0.676. The van der Waals surface area contributed by atoms with Crippen LogP contribution in [0.1, 0.15) is 22.8 Å². The molecule has 0 saturated carbocycles. The van der Waals surface area contributed by atoms with Crippen LogP contribution in [0.2, 0.25) is 0 Å². The number of hydrogen-bond acceptors (Lipinski definition) is 3. The van der Waals surface area contributed by atoms with Gasteiger partial charge in [0, 0.05) is 5.69 Å². The molecular formula is C16H14N4. The summed E-state index contributed by atoms with van der Waals surface area (Å²) in [6.45, 7) is 5.75. The minimum absolute atomic E-state index is 0.599. The van der Waals surface area contributed by atoms with Crippen LogP contribution >= 0.6 is 0 Å². The number of pyridine rings is 1. The molecule has 0 fully saturated rings. The largest absolute Gasteiger partial charge is 0.295 e. The maximum Gasteiger partial charge on any atom is 0.111 e. The summed E-state index contributed by atoms with van der Waals surface area (Å²) in [5.41, 5.74) is 5.03. The van der Waals surface area contributed by atoms with Crippen molar-refractivity contribution < 1.29 is 0 Å². The van der Waals surface area contributed by atoms with Crippen molar-refractivity contribution >= 4 is 11.0 Å². The third-order valence-corrected chi connectivity index (χ3v) is 3.39. The predicted molar refractivity (Wildman–Crippen MR) is 77.8 cm³/mol. The highest BCUT2D eigenvalue weighted by atomic mass is 15.1. The Balaban J connectivity index is 2.43. The van der Waals surface area contributed by atoms with Gasteiger partial charge in [0.25, 0.3) is 0 Å². The van der Waals surface area contributed by atoms with Gasteiger partial charge in [-0.3, -0.25) is 9.55 Å². The molecule has 0 aliphatic heterocycles. The van der Waals surface area contributed by atoms with E-state index in [0.717, 1.165) is 33.9 Å². The van der Waals surface area contributed by atoms with E-state index in [1.807, 2.05) is 55.7 Å².